The number of nitrogens with two attached hydrogens (primary N) is 1. The first-order chi connectivity index (χ1) is 8.31. The van der Waals surface area contributed by atoms with Crippen molar-refractivity contribution in [2.75, 3.05) is 6.54 Å². The molecule has 0 amide bonds. The largest absolute Gasteiger partial charge is 0.330 e. The van der Waals surface area contributed by atoms with Crippen LogP contribution < -0.4 is 11.1 Å². The molecule has 1 unspecified atom stereocenters. The Morgan fingerprint density at radius 3 is 3.00 bits per heavy atom. The van der Waals surface area contributed by atoms with E-state index in [2.05, 4.69) is 35.4 Å². The summed E-state index contributed by atoms with van der Waals surface area (Å²) in [5.74, 6) is 0. The van der Waals surface area contributed by atoms with E-state index in [4.69, 9.17) is 5.73 Å². The molecule has 1 atom stereocenters. The van der Waals surface area contributed by atoms with Gasteiger partial charge < -0.3 is 11.1 Å². The lowest BCUT2D eigenvalue weighted by Gasteiger charge is -2.13. The minimum atomic E-state index is 0.451. The molecule has 0 saturated carbocycles. The summed E-state index contributed by atoms with van der Waals surface area (Å²) in [5, 5.41) is 4.71. The zero-order valence-corrected chi connectivity index (χ0v) is 10.2. The predicted molar refractivity (Wildman–Crippen MR) is 71.7 cm³/mol. The van der Waals surface area contributed by atoms with Gasteiger partial charge in [0.1, 0.15) is 0 Å². The number of aromatic nitrogens is 1. The van der Waals surface area contributed by atoms with Gasteiger partial charge >= 0.3 is 0 Å². The zero-order chi connectivity index (χ0) is 12.1. The molecule has 90 valence electrons. The van der Waals surface area contributed by atoms with Crippen molar-refractivity contribution in [3.05, 3.63) is 42.1 Å². The van der Waals surface area contributed by atoms with Crippen molar-refractivity contribution in [1.29, 1.82) is 0 Å². The molecule has 1 aromatic carbocycles. The van der Waals surface area contributed by atoms with Crippen molar-refractivity contribution in [2.45, 2.75) is 25.9 Å². The number of nitrogens with zero attached hydrogens (tertiary/aromatic N) is 1. The van der Waals surface area contributed by atoms with Crippen LogP contribution in [0.1, 0.15) is 18.9 Å². The Labute approximate surface area is 102 Å². The lowest BCUT2D eigenvalue weighted by Crippen LogP contribution is -2.27. The molecule has 0 fully saturated rings. The van der Waals surface area contributed by atoms with Crippen LogP contribution in [0.5, 0.6) is 0 Å². The summed E-state index contributed by atoms with van der Waals surface area (Å²) < 4.78 is 0. The first-order valence-corrected chi connectivity index (χ1v) is 6.07. The number of pyridine rings is 1. The first-order valence-electron chi connectivity index (χ1n) is 6.07. The number of benzene rings is 1. The third kappa shape index (κ3) is 3.02. The molecule has 3 nitrogen and oxygen atoms in total. The standard InChI is InChI=1S/C14H19N3/c1-11(7-8-15)17-10-12-4-2-6-14-13(12)5-3-9-16-14/h2-6,9,11,17H,7-8,10,15H2,1H3. The molecule has 0 aliphatic heterocycles. The van der Waals surface area contributed by atoms with E-state index in [-0.39, 0.29) is 0 Å². The molecule has 0 bridgehead atoms. The Balaban J connectivity index is 2.13. The molecule has 3 heteroatoms. The van der Waals surface area contributed by atoms with Crippen LogP contribution in [0.15, 0.2) is 36.5 Å². The Kier molecular flexibility index (Phi) is 4.07. The second-order valence-corrected chi connectivity index (χ2v) is 4.35. The van der Waals surface area contributed by atoms with Gasteiger partial charge in [0.15, 0.2) is 0 Å². The second-order valence-electron chi connectivity index (χ2n) is 4.35. The summed E-state index contributed by atoms with van der Waals surface area (Å²) in [6, 6.07) is 10.8. The highest BCUT2D eigenvalue weighted by Crippen LogP contribution is 2.16. The summed E-state index contributed by atoms with van der Waals surface area (Å²) in [6.07, 6.45) is 2.83. The van der Waals surface area contributed by atoms with E-state index >= 15 is 0 Å². The van der Waals surface area contributed by atoms with E-state index in [9.17, 15) is 0 Å². The molecule has 1 heterocycles. The Hall–Kier alpha value is -1.45. The third-order valence-corrected chi connectivity index (χ3v) is 2.98. The molecule has 0 spiro atoms. The van der Waals surface area contributed by atoms with Crippen molar-refractivity contribution in [2.24, 2.45) is 5.73 Å². The molecule has 17 heavy (non-hydrogen) atoms. The van der Waals surface area contributed by atoms with E-state index in [1.165, 1.54) is 10.9 Å². The molecule has 2 rings (SSSR count). The highest BCUT2D eigenvalue weighted by Gasteiger charge is 2.03. The van der Waals surface area contributed by atoms with Gasteiger partial charge in [0.2, 0.25) is 0 Å². The molecule has 1 aromatic heterocycles. The van der Waals surface area contributed by atoms with Crippen LogP contribution in [0, 0.1) is 0 Å². The Bertz CT molecular complexity index is 476. The highest BCUT2D eigenvalue weighted by molar-refractivity contribution is 5.81. The number of rotatable bonds is 5. The van der Waals surface area contributed by atoms with Gasteiger partial charge in [-0.3, -0.25) is 4.98 Å². The number of nitrogens with one attached hydrogen (secondary N) is 1. The number of hydrogen-bond acceptors (Lipinski definition) is 3. The van der Waals surface area contributed by atoms with E-state index < -0.39 is 0 Å². The lowest BCUT2D eigenvalue weighted by atomic mass is 10.1. The van der Waals surface area contributed by atoms with Crippen LogP contribution in [-0.2, 0) is 6.54 Å². The van der Waals surface area contributed by atoms with Gasteiger partial charge in [0.25, 0.3) is 0 Å². The van der Waals surface area contributed by atoms with Crippen molar-refractivity contribution < 1.29 is 0 Å². The minimum absolute atomic E-state index is 0.451. The van der Waals surface area contributed by atoms with E-state index in [0.717, 1.165) is 25.0 Å². The Morgan fingerprint density at radius 1 is 1.29 bits per heavy atom. The molecule has 3 N–H and O–H groups in total. The molecular formula is C14H19N3. The number of fused-ring (bicyclic) bond motifs is 1. The van der Waals surface area contributed by atoms with Gasteiger partial charge in [-0.1, -0.05) is 18.2 Å². The van der Waals surface area contributed by atoms with Crippen LogP contribution in [0.4, 0.5) is 0 Å². The molecular weight excluding hydrogens is 210 g/mol. The predicted octanol–water partition coefficient (Wildman–Crippen LogP) is 2.06. The molecule has 2 aromatic rings. The fourth-order valence-electron chi connectivity index (χ4n) is 1.96. The normalized spacial score (nSPS) is 12.8. The van der Waals surface area contributed by atoms with Crippen molar-refractivity contribution in [3.63, 3.8) is 0 Å². The van der Waals surface area contributed by atoms with E-state index in [0.29, 0.717) is 6.04 Å². The van der Waals surface area contributed by atoms with Crippen molar-refractivity contribution >= 4 is 10.9 Å². The van der Waals surface area contributed by atoms with Gasteiger partial charge in [-0.15, -0.1) is 0 Å². The maximum absolute atomic E-state index is 5.54. The lowest BCUT2D eigenvalue weighted by molar-refractivity contribution is 0.521. The van der Waals surface area contributed by atoms with Gasteiger partial charge in [0.05, 0.1) is 5.52 Å². The summed E-state index contributed by atoms with van der Waals surface area (Å²) >= 11 is 0. The van der Waals surface area contributed by atoms with Crippen LogP contribution in [-0.4, -0.2) is 17.6 Å². The average Bonchev–Trinajstić information content (AvgIpc) is 2.36. The molecule has 0 aliphatic carbocycles. The summed E-state index contributed by atoms with van der Waals surface area (Å²) in [4.78, 5) is 4.36. The number of hydrogen-bond donors (Lipinski definition) is 2. The maximum atomic E-state index is 5.54. The van der Waals surface area contributed by atoms with Crippen molar-refractivity contribution in [3.8, 4) is 0 Å². The SMILES string of the molecule is CC(CCN)NCc1cccc2ncccc12. The molecule has 0 saturated heterocycles. The Morgan fingerprint density at radius 2 is 2.18 bits per heavy atom. The minimum Gasteiger partial charge on any atom is -0.330 e. The monoisotopic (exact) mass is 229 g/mol. The fraction of sp³-hybridized carbons (Fsp3) is 0.357. The smallest absolute Gasteiger partial charge is 0.0705 e. The van der Waals surface area contributed by atoms with Crippen molar-refractivity contribution in [1.82, 2.24) is 10.3 Å². The van der Waals surface area contributed by atoms with Gasteiger partial charge in [0, 0.05) is 24.2 Å². The fourth-order valence-corrected chi connectivity index (χ4v) is 1.96. The molecule has 0 radical (unpaired) electrons. The second kappa shape index (κ2) is 5.75. The van der Waals surface area contributed by atoms with E-state index in [1.807, 2.05) is 18.3 Å². The summed E-state index contributed by atoms with van der Waals surface area (Å²) in [7, 11) is 0. The van der Waals surface area contributed by atoms with Crippen LogP contribution in [0.25, 0.3) is 10.9 Å². The average molecular weight is 229 g/mol. The summed E-state index contributed by atoms with van der Waals surface area (Å²) in [6.45, 7) is 3.76. The quantitative estimate of drug-likeness (QED) is 0.825. The highest BCUT2D eigenvalue weighted by atomic mass is 14.9. The van der Waals surface area contributed by atoms with Gasteiger partial charge in [-0.25, -0.2) is 0 Å². The van der Waals surface area contributed by atoms with Gasteiger partial charge in [-0.05, 0) is 37.6 Å². The maximum Gasteiger partial charge on any atom is 0.0705 e. The summed E-state index contributed by atoms with van der Waals surface area (Å²) in [5.41, 5.74) is 7.88. The first kappa shape index (κ1) is 12.0. The third-order valence-electron chi connectivity index (χ3n) is 2.98. The van der Waals surface area contributed by atoms with E-state index in [1.54, 1.807) is 0 Å². The molecule has 0 aliphatic rings. The van der Waals surface area contributed by atoms with Crippen LogP contribution >= 0.6 is 0 Å². The zero-order valence-electron chi connectivity index (χ0n) is 10.2. The van der Waals surface area contributed by atoms with Crippen LogP contribution in [0.2, 0.25) is 0 Å². The van der Waals surface area contributed by atoms with Crippen LogP contribution in [0.3, 0.4) is 0 Å². The van der Waals surface area contributed by atoms with Gasteiger partial charge in [-0.2, -0.15) is 0 Å². The topological polar surface area (TPSA) is 50.9 Å².